The smallest absolute Gasteiger partial charge is 0.303 e. The Kier molecular flexibility index (Phi) is 9.50. The number of hydrogen-bond acceptors (Lipinski definition) is 5. The van der Waals surface area contributed by atoms with Crippen LogP contribution < -0.4 is 14.4 Å². The maximum absolute atomic E-state index is 11.9. The van der Waals surface area contributed by atoms with Crippen molar-refractivity contribution in [1.82, 2.24) is 0 Å². The predicted octanol–water partition coefficient (Wildman–Crippen LogP) is 7.15. The number of hydrogen-bond donors (Lipinski definition) is 2. The van der Waals surface area contributed by atoms with Crippen molar-refractivity contribution >= 4 is 43.3 Å². The largest absolute Gasteiger partial charge is 0.481 e. The lowest BCUT2D eigenvalue weighted by molar-refractivity contribution is -0.136. The van der Waals surface area contributed by atoms with Crippen LogP contribution in [0, 0.1) is 6.92 Å². The molecule has 40 heavy (non-hydrogen) atoms. The number of ether oxygens (including phenoxy) is 1. The Morgan fingerprint density at radius 2 is 1.50 bits per heavy atom. The Balaban J connectivity index is 1.54. The number of carboxylic acid groups (broad SMARTS) is 1. The van der Waals surface area contributed by atoms with Crippen LogP contribution in [0.2, 0.25) is 0 Å². The molecular weight excluding hydrogens is 592 g/mol. The minimum atomic E-state index is -3.42. The Bertz CT molecular complexity index is 1570. The molecule has 0 aliphatic carbocycles. The third-order valence-electron chi connectivity index (χ3n) is 6.34. The third kappa shape index (κ3) is 8.34. The highest BCUT2D eigenvalue weighted by Gasteiger charge is 2.16. The first-order chi connectivity index (χ1) is 19.1. The van der Waals surface area contributed by atoms with E-state index in [0.717, 1.165) is 38.7 Å². The molecule has 4 rings (SSSR count). The van der Waals surface area contributed by atoms with Crippen LogP contribution in [0.15, 0.2) is 95.5 Å². The average molecular weight is 624 g/mol. The van der Waals surface area contributed by atoms with Crippen molar-refractivity contribution in [3.8, 4) is 11.5 Å². The van der Waals surface area contributed by atoms with Crippen LogP contribution in [0.5, 0.6) is 11.5 Å². The molecule has 0 saturated carbocycles. The second-order valence-electron chi connectivity index (χ2n) is 9.56. The number of carbonyl (C=O) groups is 1. The standard InChI is InChI=1S/C31H31BrN2O5S/c1-22-29(33-40(2,37)38)8-5-9-30(22)34(21-25-6-3-4-7-28(25)32)20-24-12-17-27(18-13-24)39-26-15-10-23(11-16-26)14-19-31(35)36/h3-13,15-18,33H,14,19-21H2,1-2H3,(H,35,36). The van der Waals surface area contributed by atoms with E-state index < -0.39 is 16.0 Å². The normalized spacial score (nSPS) is 11.2. The average Bonchev–Trinajstić information content (AvgIpc) is 2.91. The number of aryl methyl sites for hydroxylation is 1. The predicted molar refractivity (Wildman–Crippen MR) is 163 cm³/mol. The van der Waals surface area contributed by atoms with Gasteiger partial charge in [0, 0.05) is 29.7 Å². The summed E-state index contributed by atoms with van der Waals surface area (Å²) < 4.78 is 33.5. The van der Waals surface area contributed by atoms with Gasteiger partial charge in [-0.2, -0.15) is 0 Å². The number of sulfonamides is 1. The molecule has 9 heteroatoms. The van der Waals surface area contributed by atoms with Crippen molar-refractivity contribution in [3.63, 3.8) is 0 Å². The highest BCUT2D eigenvalue weighted by molar-refractivity contribution is 9.10. The monoisotopic (exact) mass is 622 g/mol. The van der Waals surface area contributed by atoms with E-state index in [4.69, 9.17) is 9.84 Å². The highest BCUT2D eigenvalue weighted by atomic mass is 79.9. The Labute approximate surface area is 243 Å². The molecule has 0 heterocycles. The first-order valence-electron chi connectivity index (χ1n) is 12.7. The second kappa shape index (κ2) is 13.0. The van der Waals surface area contributed by atoms with E-state index in [-0.39, 0.29) is 6.42 Å². The van der Waals surface area contributed by atoms with Gasteiger partial charge in [-0.25, -0.2) is 8.42 Å². The molecule has 208 valence electrons. The molecule has 0 aliphatic rings. The summed E-state index contributed by atoms with van der Waals surface area (Å²) in [6.45, 7) is 3.11. The van der Waals surface area contributed by atoms with Crippen LogP contribution in [-0.2, 0) is 34.3 Å². The topological polar surface area (TPSA) is 95.9 Å². The fraction of sp³-hybridized carbons (Fsp3) is 0.194. The molecule has 0 spiro atoms. The third-order valence-corrected chi connectivity index (χ3v) is 7.71. The number of nitrogens with zero attached hydrogens (tertiary/aromatic N) is 1. The molecule has 0 aromatic heterocycles. The lowest BCUT2D eigenvalue weighted by Gasteiger charge is -2.28. The van der Waals surface area contributed by atoms with Crippen molar-refractivity contribution < 1.29 is 23.1 Å². The van der Waals surface area contributed by atoms with Crippen LogP contribution in [0.1, 0.15) is 28.7 Å². The molecule has 7 nitrogen and oxygen atoms in total. The molecule has 0 amide bonds. The van der Waals surface area contributed by atoms with Gasteiger partial charge in [0.05, 0.1) is 11.9 Å². The maximum Gasteiger partial charge on any atom is 0.303 e. The quantitative estimate of drug-likeness (QED) is 0.174. The zero-order valence-corrected chi connectivity index (χ0v) is 24.7. The summed E-state index contributed by atoms with van der Waals surface area (Å²) in [4.78, 5) is 13.0. The van der Waals surface area contributed by atoms with E-state index in [0.29, 0.717) is 36.7 Å². The van der Waals surface area contributed by atoms with Crippen LogP contribution in [0.3, 0.4) is 0 Å². The van der Waals surface area contributed by atoms with E-state index >= 15 is 0 Å². The SMILES string of the molecule is Cc1c(NS(C)(=O)=O)cccc1N(Cc1ccc(Oc2ccc(CCC(=O)O)cc2)cc1)Cc1ccccc1Br. The van der Waals surface area contributed by atoms with Crippen molar-refractivity contribution in [1.29, 1.82) is 0 Å². The van der Waals surface area contributed by atoms with Crippen molar-refractivity contribution in [2.45, 2.75) is 32.9 Å². The fourth-order valence-electron chi connectivity index (χ4n) is 4.33. The van der Waals surface area contributed by atoms with E-state index in [1.807, 2.05) is 85.8 Å². The van der Waals surface area contributed by atoms with Gasteiger partial charge in [0.15, 0.2) is 0 Å². The van der Waals surface area contributed by atoms with Gasteiger partial charge in [-0.3, -0.25) is 9.52 Å². The van der Waals surface area contributed by atoms with E-state index in [1.54, 1.807) is 6.07 Å². The van der Waals surface area contributed by atoms with E-state index in [9.17, 15) is 13.2 Å². The fourth-order valence-corrected chi connectivity index (χ4v) is 5.36. The molecule has 0 fully saturated rings. The Morgan fingerprint density at radius 3 is 2.10 bits per heavy atom. The number of nitrogens with one attached hydrogen (secondary N) is 1. The summed E-state index contributed by atoms with van der Waals surface area (Å²) in [5.41, 5.74) is 5.43. The number of carboxylic acids is 1. The minimum absolute atomic E-state index is 0.0952. The summed E-state index contributed by atoms with van der Waals surface area (Å²) in [5, 5.41) is 8.86. The van der Waals surface area contributed by atoms with Crippen LogP contribution in [-0.4, -0.2) is 25.7 Å². The Hall–Kier alpha value is -3.82. The minimum Gasteiger partial charge on any atom is -0.481 e. The molecule has 4 aromatic rings. The summed E-state index contributed by atoms with van der Waals surface area (Å²) in [6.07, 6.45) is 1.72. The molecule has 2 N–H and O–H groups in total. The lowest BCUT2D eigenvalue weighted by atomic mass is 10.1. The number of aliphatic carboxylic acids is 1. The lowest BCUT2D eigenvalue weighted by Crippen LogP contribution is -2.24. The first kappa shape index (κ1) is 29.2. The molecule has 0 bridgehead atoms. The summed E-state index contributed by atoms with van der Waals surface area (Å²) in [7, 11) is -3.42. The summed E-state index contributed by atoms with van der Waals surface area (Å²) in [6, 6.07) is 28.9. The van der Waals surface area contributed by atoms with Crippen LogP contribution in [0.4, 0.5) is 11.4 Å². The number of anilines is 2. The zero-order chi connectivity index (χ0) is 28.7. The van der Waals surface area contributed by atoms with Crippen molar-refractivity contribution in [3.05, 3.63) is 118 Å². The number of rotatable bonds is 12. The van der Waals surface area contributed by atoms with Crippen LogP contribution >= 0.6 is 15.9 Å². The summed E-state index contributed by atoms with van der Waals surface area (Å²) >= 11 is 3.65. The van der Waals surface area contributed by atoms with Gasteiger partial charge in [0.25, 0.3) is 0 Å². The Morgan fingerprint density at radius 1 is 0.875 bits per heavy atom. The van der Waals surface area contributed by atoms with Crippen LogP contribution in [0.25, 0.3) is 0 Å². The highest BCUT2D eigenvalue weighted by Crippen LogP contribution is 2.32. The van der Waals surface area contributed by atoms with E-state index in [1.165, 1.54) is 0 Å². The van der Waals surface area contributed by atoms with Gasteiger partial charge >= 0.3 is 5.97 Å². The molecular formula is C31H31BrN2O5S. The first-order valence-corrected chi connectivity index (χ1v) is 15.4. The molecule has 4 aromatic carbocycles. The molecule has 0 atom stereocenters. The van der Waals surface area contributed by atoms with Gasteiger partial charge in [0.2, 0.25) is 10.0 Å². The molecule has 0 saturated heterocycles. The second-order valence-corrected chi connectivity index (χ2v) is 12.2. The van der Waals surface area contributed by atoms with Gasteiger partial charge in [-0.1, -0.05) is 64.5 Å². The van der Waals surface area contributed by atoms with Gasteiger partial charge in [-0.05, 0) is 78.1 Å². The summed E-state index contributed by atoms with van der Waals surface area (Å²) in [5.74, 6) is 0.548. The number of halogens is 1. The molecule has 0 radical (unpaired) electrons. The molecule has 0 aliphatic heterocycles. The molecule has 0 unspecified atom stereocenters. The maximum atomic E-state index is 11.9. The zero-order valence-electron chi connectivity index (χ0n) is 22.3. The van der Waals surface area contributed by atoms with Crippen molar-refractivity contribution in [2.24, 2.45) is 0 Å². The van der Waals surface area contributed by atoms with Gasteiger partial charge in [-0.15, -0.1) is 0 Å². The van der Waals surface area contributed by atoms with Gasteiger partial charge < -0.3 is 14.7 Å². The van der Waals surface area contributed by atoms with Crippen molar-refractivity contribution in [2.75, 3.05) is 15.9 Å². The number of benzene rings is 4. The van der Waals surface area contributed by atoms with E-state index in [2.05, 4.69) is 31.6 Å². The van der Waals surface area contributed by atoms with Gasteiger partial charge in [0.1, 0.15) is 11.5 Å².